The van der Waals surface area contributed by atoms with Gasteiger partial charge in [0, 0.05) is 10.8 Å². The molecule has 0 spiro atoms. The van der Waals surface area contributed by atoms with Gasteiger partial charge >= 0.3 is 6.09 Å². The Morgan fingerprint density at radius 3 is 2.34 bits per heavy atom. The van der Waals surface area contributed by atoms with Crippen LogP contribution in [0.5, 0.6) is 0 Å². The summed E-state index contributed by atoms with van der Waals surface area (Å²) in [6, 6.07) is 16.5. The molecular weight excluding hydrogens is 408 g/mol. The third-order valence-corrected chi connectivity index (χ3v) is 5.82. The molecule has 0 aromatic heterocycles. The number of carbonyl (C=O) groups excluding carboxylic acids is 2. The zero-order valence-electron chi connectivity index (χ0n) is 19.0. The third-order valence-electron chi connectivity index (χ3n) is 5.82. The summed E-state index contributed by atoms with van der Waals surface area (Å²) in [6.07, 6.45) is 0.662. The van der Waals surface area contributed by atoms with E-state index >= 15 is 0 Å². The van der Waals surface area contributed by atoms with Crippen LogP contribution in [0.2, 0.25) is 0 Å². The number of imide groups is 1. The molecule has 0 aliphatic carbocycles. The van der Waals surface area contributed by atoms with Gasteiger partial charge in [0.25, 0.3) is 0 Å². The molecule has 0 bridgehead atoms. The average Bonchev–Trinajstić information content (AvgIpc) is 2.96. The molecule has 3 rings (SSSR count). The van der Waals surface area contributed by atoms with E-state index in [1.165, 1.54) is 0 Å². The summed E-state index contributed by atoms with van der Waals surface area (Å²) in [5.41, 5.74) is -0.0724. The smallest absolute Gasteiger partial charge is 0.421 e. The molecule has 2 aromatic carbocycles. The van der Waals surface area contributed by atoms with Crippen molar-refractivity contribution in [2.75, 3.05) is 11.4 Å². The molecule has 0 saturated carbocycles. The SMILES string of the molecule is CCC[C@H](C[N+](=O)[O-])[C@@]1(Cc2ccccc2)C(=O)N(C(=O)OC(C)(C)C)c2ccccc21. The Morgan fingerprint density at radius 1 is 1.12 bits per heavy atom. The molecule has 1 heterocycles. The van der Waals surface area contributed by atoms with Crippen molar-refractivity contribution in [2.24, 2.45) is 5.92 Å². The maximum absolute atomic E-state index is 14.1. The van der Waals surface area contributed by atoms with E-state index in [2.05, 4.69) is 0 Å². The summed E-state index contributed by atoms with van der Waals surface area (Å²) >= 11 is 0. The Bertz CT molecular complexity index is 999. The molecule has 7 heteroatoms. The fourth-order valence-corrected chi connectivity index (χ4v) is 4.61. The number of hydrogen-bond acceptors (Lipinski definition) is 5. The van der Waals surface area contributed by atoms with Gasteiger partial charge in [-0.3, -0.25) is 14.9 Å². The highest BCUT2D eigenvalue weighted by molar-refractivity contribution is 6.21. The van der Waals surface area contributed by atoms with Crippen LogP contribution >= 0.6 is 0 Å². The number of para-hydroxylation sites is 1. The maximum Gasteiger partial charge on any atom is 0.421 e. The lowest BCUT2D eigenvalue weighted by Crippen LogP contribution is -2.51. The van der Waals surface area contributed by atoms with Crippen molar-refractivity contribution < 1.29 is 19.2 Å². The summed E-state index contributed by atoms with van der Waals surface area (Å²) in [4.78, 5) is 39.6. The van der Waals surface area contributed by atoms with Crippen LogP contribution in [0.3, 0.4) is 0 Å². The maximum atomic E-state index is 14.1. The molecule has 2 atom stereocenters. The second-order valence-corrected chi connectivity index (χ2v) is 9.27. The van der Waals surface area contributed by atoms with E-state index in [1.54, 1.807) is 39.0 Å². The summed E-state index contributed by atoms with van der Waals surface area (Å²) in [6.45, 7) is 6.80. The highest BCUT2D eigenvalue weighted by atomic mass is 16.6. The Labute approximate surface area is 188 Å². The zero-order valence-corrected chi connectivity index (χ0v) is 19.0. The van der Waals surface area contributed by atoms with Crippen LogP contribution in [0.4, 0.5) is 10.5 Å². The molecule has 1 aliphatic rings. The molecule has 0 saturated heterocycles. The Balaban J connectivity index is 2.22. The van der Waals surface area contributed by atoms with Crippen LogP contribution < -0.4 is 4.90 Å². The molecule has 170 valence electrons. The number of rotatable bonds is 7. The number of anilines is 1. The van der Waals surface area contributed by atoms with Crippen molar-refractivity contribution in [3.05, 3.63) is 75.8 Å². The minimum absolute atomic E-state index is 0.265. The largest absolute Gasteiger partial charge is 0.443 e. The van der Waals surface area contributed by atoms with Gasteiger partial charge in [-0.05, 0) is 50.8 Å². The topological polar surface area (TPSA) is 89.8 Å². The quantitative estimate of drug-likeness (QED) is 0.441. The van der Waals surface area contributed by atoms with Crippen LogP contribution in [0, 0.1) is 16.0 Å². The van der Waals surface area contributed by atoms with Gasteiger partial charge in [0.05, 0.1) is 11.1 Å². The highest BCUT2D eigenvalue weighted by Gasteiger charge is 2.58. The molecule has 0 unspecified atom stereocenters. The lowest BCUT2D eigenvalue weighted by molar-refractivity contribution is -0.490. The van der Waals surface area contributed by atoms with Crippen molar-refractivity contribution in [3.8, 4) is 0 Å². The van der Waals surface area contributed by atoms with Crippen LogP contribution in [0.15, 0.2) is 54.6 Å². The fraction of sp³-hybridized carbons (Fsp3) is 0.440. The number of hydrogen-bond donors (Lipinski definition) is 0. The minimum atomic E-state index is -1.24. The van der Waals surface area contributed by atoms with E-state index in [0.717, 1.165) is 10.5 Å². The van der Waals surface area contributed by atoms with Gasteiger partial charge in [-0.2, -0.15) is 0 Å². The number of fused-ring (bicyclic) bond motifs is 1. The Morgan fingerprint density at radius 2 is 1.75 bits per heavy atom. The van der Waals surface area contributed by atoms with E-state index in [1.807, 2.05) is 43.3 Å². The Kier molecular flexibility index (Phi) is 6.67. The number of ether oxygens (including phenoxy) is 1. The first-order chi connectivity index (χ1) is 15.1. The van der Waals surface area contributed by atoms with Gasteiger partial charge in [0.2, 0.25) is 12.5 Å². The predicted molar refractivity (Wildman–Crippen MR) is 122 cm³/mol. The van der Waals surface area contributed by atoms with Gasteiger partial charge in [-0.25, -0.2) is 9.69 Å². The van der Waals surface area contributed by atoms with E-state index in [0.29, 0.717) is 24.1 Å². The van der Waals surface area contributed by atoms with Gasteiger partial charge in [0.1, 0.15) is 5.60 Å². The van der Waals surface area contributed by atoms with Crippen molar-refractivity contribution in [3.63, 3.8) is 0 Å². The standard InChI is InChI=1S/C25H30N2O5/c1-5-11-19(17-26(30)31)25(16-18-12-7-6-8-13-18)20-14-9-10-15-21(20)27(22(25)28)23(29)32-24(2,3)4/h6-10,12-15,19H,5,11,16-17H2,1-4H3/t19-,25-/m1/s1. The summed E-state index contributed by atoms with van der Waals surface area (Å²) in [7, 11) is 0. The first-order valence-electron chi connectivity index (χ1n) is 10.9. The van der Waals surface area contributed by atoms with Crippen molar-refractivity contribution in [1.82, 2.24) is 0 Å². The van der Waals surface area contributed by atoms with Crippen LogP contribution in [-0.4, -0.2) is 29.1 Å². The molecule has 7 nitrogen and oxygen atoms in total. The average molecular weight is 439 g/mol. The second kappa shape index (κ2) is 9.10. The summed E-state index contributed by atoms with van der Waals surface area (Å²) in [5, 5.41) is 11.6. The molecule has 32 heavy (non-hydrogen) atoms. The zero-order chi connectivity index (χ0) is 23.5. The third kappa shape index (κ3) is 4.52. The van der Waals surface area contributed by atoms with E-state index < -0.39 is 28.9 Å². The van der Waals surface area contributed by atoms with E-state index in [9.17, 15) is 19.7 Å². The number of amides is 2. The van der Waals surface area contributed by atoms with Gasteiger partial charge < -0.3 is 4.74 Å². The van der Waals surface area contributed by atoms with Crippen LogP contribution in [0.25, 0.3) is 0 Å². The van der Waals surface area contributed by atoms with Crippen LogP contribution in [0.1, 0.15) is 51.7 Å². The molecule has 2 amide bonds. The second-order valence-electron chi connectivity index (χ2n) is 9.27. The Hall–Kier alpha value is -3.22. The lowest BCUT2D eigenvalue weighted by atomic mass is 9.65. The highest BCUT2D eigenvalue weighted by Crippen LogP contribution is 2.50. The van der Waals surface area contributed by atoms with Crippen molar-refractivity contribution >= 4 is 17.7 Å². The summed E-state index contributed by atoms with van der Waals surface area (Å²) < 4.78 is 5.55. The molecule has 1 aliphatic heterocycles. The van der Waals surface area contributed by atoms with Crippen LogP contribution in [-0.2, 0) is 21.4 Å². The van der Waals surface area contributed by atoms with Gasteiger partial charge in [-0.1, -0.05) is 61.9 Å². The minimum Gasteiger partial charge on any atom is -0.443 e. The molecule has 0 N–H and O–H groups in total. The number of carbonyl (C=O) groups is 2. The van der Waals surface area contributed by atoms with E-state index in [4.69, 9.17) is 4.74 Å². The van der Waals surface area contributed by atoms with Crippen molar-refractivity contribution in [1.29, 1.82) is 0 Å². The molecule has 0 fully saturated rings. The number of nitro groups is 1. The fourth-order valence-electron chi connectivity index (χ4n) is 4.61. The van der Waals surface area contributed by atoms with E-state index in [-0.39, 0.29) is 17.9 Å². The number of nitrogens with zero attached hydrogens (tertiary/aromatic N) is 2. The molecular formula is C25H30N2O5. The molecule has 2 aromatic rings. The van der Waals surface area contributed by atoms with Gasteiger partial charge in [-0.15, -0.1) is 0 Å². The normalized spacial score (nSPS) is 18.9. The lowest BCUT2D eigenvalue weighted by Gasteiger charge is -2.35. The first kappa shape index (κ1) is 23.4. The monoisotopic (exact) mass is 438 g/mol. The number of benzene rings is 2. The first-order valence-corrected chi connectivity index (χ1v) is 10.9. The summed E-state index contributed by atoms with van der Waals surface area (Å²) in [5.74, 6) is -1.04. The van der Waals surface area contributed by atoms with Gasteiger partial charge in [0.15, 0.2) is 0 Å². The predicted octanol–water partition coefficient (Wildman–Crippen LogP) is 5.14. The van der Waals surface area contributed by atoms with Crippen molar-refractivity contribution in [2.45, 2.75) is 58.0 Å². The molecule has 0 radical (unpaired) electrons.